The minimum atomic E-state index is 0.873. The first-order valence-electron chi connectivity index (χ1n) is 4.31. The van der Waals surface area contributed by atoms with Crippen molar-refractivity contribution in [2.75, 3.05) is 26.3 Å². The molecule has 0 spiro atoms. The highest BCUT2D eigenvalue weighted by molar-refractivity contribution is 4.68. The van der Waals surface area contributed by atoms with E-state index in [9.17, 15) is 0 Å². The Kier molecular flexibility index (Phi) is 9.36. The molecule has 0 aromatic rings. The Labute approximate surface area is 69.6 Å². The van der Waals surface area contributed by atoms with Crippen molar-refractivity contribution in [3.63, 3.8) is 0 Å². The van der Waals surface area contributed by atoms with Crippen LogP contribution in [0.15, 0.2) is 12.7 Å². The maximum Gasteiger partial charge on any atom is 0.0478 e. The molecular formula is C9H19NO. The Morgan fingerprint density at radius 3 is 2.91 bits per heavy atom. The predicted molar refractivity (Wildman–Crippen MR) is 48.8 cm³/mol. The molecule has 0 radical (unpaired) electrons. The van der Waals surface area contributed by atoms with Crippen LogP contribution < -0.4 is 5.32 Å². The smallest absolute Gasteiger partial charge is 0.0478 e. The van der Waals surface area contributed by atoms with Gasteiger partial charge in [-0.3, -0.25) is 0 Å². The van der Waals surface area contributed by atoms with E-state index in [4.69, 9.17) is 4.74 Å². The molecule has 1 N–H and O–H groups in total. The van der Waals surface area contributed by atoms with Gasteiger partial charge in [-0.1, -0.05) is 13.0 Å². The first-order chi connectivity index (χ1) is 5.41. The van der Waals surface area contributed by atoms with Crippen molar-refractivity contribution in [3.05, 3.63) is 12.7 Å². The molecule has 0 unspecified atom stereocenters. The highest BCUT2D eigenvalue weighted by Gasteiger charge is 1.86. The third-order valence-corrected chi connectivity index (χ3v) is 1.28. The fraction of sp³-hybridized carbons (Fsp3) is 0.778. The average molecular weight is 157 g/mol. The lowest BCUT2D eigenvalue weighted by Gasteiger charge is -2.02. The second kappa shape index (κ2) is 9.66. The van der Waals surface area contributed by atoms with E-state index in [1.807, 2.05) is 6.08 Å². The van der Waals surface area contributed by atoms with E-state index >= 15 is 0 Å². The van der Waals surface area contributed by atoms with Crippen LogP contribution in [0.1, 0.15) is 19.8 Å². The van der Waals surface area contributed by atoms with Crippen molar-refractivity contribution in [3.8, 4) is 0 Å². The van der Waals surface area contributed by atoms with Gasteiger partial charge in [0.1, 0.15) is 0 Å². The second-order valence-corrected chi connectivity index (χ2v) is 2.46. The van der Waals surface area contributed by atoms with Gasteiger partial charge in [-0.05, 0) is 19.4 Å². The second-order valence-electron chi connectivity index (χ2n) is 2.46. The van der Waals surface area contributed by atoms with Crippen molar-refractivity contribution in [2.45, 2.75) is 19.8 Å². The standard InChI is InChI=1S/C9H19NO/c1-3-6-10-7-5-9-11-8-4-2/h3,10H,1,4-9H2,2H3. The van der Waals surface area contributed by atoms with Gasteiger partial charge < -0.3 is 10.1 Å². The quantitative estimate of drug-likeness (QED) is 0.426. The highest BCUT2D eigenvalue weighted by Crippen LogP contribution is 1.83. The lowest BCUT2D eigenvalue weighted by Crippen LogP contribution is -2.16. The normalized spacial score (nSPS) is 9.91. The molecule has 0 saturated heterocycles. The van der Waals surface area contributed by atoms with E-state index < -0.39 is 0 Å². The molecule has 0 amide bonds. The summed E-state index contributed by atoms with van der Waals surface area (Å²) >= 11 is 0. The molecule has 66 valence electrons. The monoisotopic (exact) mass is 157 g/mol. The molecule has 0 aliphatic carbocycles. The molecule has 0 aromatic carbocycles. The zero-order valence-electron chi connectivity index (χ0n) is 7.44. The van der Waals surface area contributed by atoms with Gasteiger partial charge in [-0.15, -0.1) is 6.58 Å². The van der Waals surface area contributed by atoms with E-state index in [0.29, 0.717) is 0 Å². The SMILES string of the molecule is C=CCNCCCOCCC. The van der Waals surface area contributed by atoms with Crippen molar-refractivity contribution in [1.29, 1.82) is 0 Å². The van der Waals surface area contributed by atoms with Gasteiger partial charge >= 0.3 is 0 Å². The molecule has 0 bridgehead atoms. The van der Waals surface area contributed by atoms with Crippen LogP contribution in [0.4, 0.5) is 0 Å². The van der Waals surface area contributed by atoms with Crippen LogP contribution in [-0.4, -0.2) is 26.3 Å². The molecule has 0 heterocycles. The van der Waals surface area contributed by atoms with Gasteiger partial charge in [0, 0.05) is 19.8 Å². The van der Waals surface area contributed by atoms with Crippen molar-refractivity contribution in [1.82, 2.24) is 5.32 Å². The predicted octanol–water partition coefficient (Wildman–Crippen LogP) is 1.58. The van der Waals surface area contributed by atoms with Crippen molar-refractivity contribution in [2.24, 2.45) is 0 Å². The van der Waals surface area contributed by atoms with Crippen LogP contribution in [0, 0.1) is 0 Å². The van der Waals surface area contributed by atoms with Crippen LogP contribution in [0.3, 0.4) is 0 Å². The summed E-state index contributed by atoms with van der Waals surface area (Å²) in [5.74, 6) is 0. The minimum Gasteiger partial charge on any atom is -0.381 e. The van der Waals surface area contributed by atoms with E-state index in [1.54, 1.807) is 0 Å². The zero-order valence-corrected chi connectivity index (χ0v) is 7.44. The summed E-state index contributed by atoms with van der Waals surface area (Å²) in [7, 11) is 0. The molecule has 0 saturated carbocycles. The molecule has 0 fully saturated rings. The van der Waals surface area contributed by atoms with Gasteiger partial charge in [-0.2, -0.15) is 0 Å². The summed E-state index contributed by atoms with van der Waals surface area (Å²) in [6.07, 6.45) is 4.07. The Morgan fingerprint density at radius 2 is 2.27 bits per heavy atom. The third-order valence-electron chi connectivity index (χ3n) is 1.28. The van der Waals surface area contributed by atoms with Gasteiger partial charge in [0.05, 0.1) is 0 Å². The maximum absolute atomic E-state index is 5.30. The molecular weight excluding hydrogens is 138 g/mol. The van der Waals surface area contributed by atoms with Crippen LogP contribution >= 0.6 is 0 Å². The van der Waals surface area contributed by atoms with E-state index in [0.717, 1.165) is 39.1 Å². The fourth-order valence-electron chi connectivity index (χ4n) is 0.750. The highest BCUT2D eigenvalue weighted by atomic mass is 16.5. The molecule has 0 aliphatic rings. The van der Waals surface area contributed by atoms with Gasteiger partial charge in [-0.25, -0.2) is 0 Å². The molecule has 0 aromatic heterocycles. The summed E-state index contributed by atoms with van der Waals surface area (Å²) < 4.78 is 5.30. The van der Waals surface area contributed by atoms with Gasteiger partial charge in [0.25, 0.3) is 0 Å². The van der Waals surface area contributed by atoms with Crippen molar-refractivity contribution < 1.29 is 4.74 Å². The third kappa shape index (κ3) is 9.66. The Hall–Kier alpha value is -0.340. The first-order valence-corrected chi connectivity index (χ1v) is 4.31. The summed E-state index contributed by atoms with van der Waals surface area (Å²) in [5, 5.41) is 3.21. The van der Waals surface area contributed by atoms with E-state index in [1.165, 1.54) is 0 Å². The number of rotatable bonds is 8. The van der Waals surface area contributed by atoms with Gasteiger partial charge in [0.2, 0.25) is 0 Å². The molecule has 0 rings (SSSR count). The fourth-order valence-corrected chi connectivity index (χ4v) is 0.750. The van der Waals surface area contributed by atoms with Crippen LogP contribution in [0.5, 0.6) is 0 Å². The Morgan fingerprint density at radius 1 is 1.45 bits per heavy atom. The van der Waals surface area contributed by atoms with Crippen molar-refractivity contribution >= 4 is 0 Å². The topological polar surface area (TPSA) is 21.3 Å². The maximum atomic E-state index is 5.30. The average Bonchev–Trinajstić information content (AvgIpc) is 2.03. The number of ether oxygens (including phenoxy) is 1. The minimum absolute atomic E-state index is 0.873. The summed E-state index contributed by atoms with van der Waals surface area (Å²) in [4.78, 5) is 0. The largest absolute Gasteiger partial charge is 0.381 e. The first kappa shape index (κ1) is 10.7. The molecule has 11 heavy (non-hydrogen) atoms. The summed E-state index contributed by atoms with van der Waals surface area (Å²) in [6, 6.07) is 0. The Bertz CT molecular complexity index is 83.6. The summed E-state index contributed by atoms with van der Waals surface area (Å²) in [5.41, 5.74) is 0. The molecule has 0 atom stereocenters. The lowest BCUT2D eigenvalue weighted by atomic mass is 10.4. The Balaban J connectivity index is 2.74. The summed E-state index contributed by atoms with van der Waals surface area (Å²) in [6.45, 7) is 9.42. The van der Waals surface area contributed by atoms with Crippen LogP contribution in [0.25, 0.3) is 0 Å². The van der Waals surface area contributed by atoms with Crippen LogP contribution in [0.2, 0.25) is 0 Å². The molecule has 0 aliphatic heterocycles. The van der Waals surface area contributed by atoms with Gasteiger partial charge in [0.15, 0.2) is 0 Å². The lowest BCUT2D eigenvalue weighted by molar-refractivity contribution is 0.132. The zero-order chi connectivity index (χ0) is 8.36. The number of nitrogens with one attached hydrogen (secondary N) is 1. The number of hydrogen-bond donors (Lipinski definition) is 1. The van der Waals surface area contributed by atoms with E-state index in [-0.39, 0.29) is 0 Å². The number of hydrogen-bond acceptors (Lipinski definition) is 2. The van der Waals surface area contributed by atoms with Crippen LogP contribution in [-0.2, 0) is 4.74 Å². The molecule has 2 heteroatoms. The van der Waals surface area contributed by atoms with E-state index in [2.05, 4.69) is 18.8 Å². The molecule has 2 nitrogen and oxygen atoms in total.